The molecule has 0 bridgehead atoms. The summed E-state index contributed by atoms with van der Waals surface area (Å²) < 4.78 is 6.03. The molecule has 0 saturated heterocycles. The standard InChI is InChI=1S/C13H14N2O3/c1-13(2,3)11(16)18-12(17)15-8-14-9-6-4-5-7-10(9)15/h4-8H,1-3H3. The molecule has 1 aromatic carbocycles. The molecule has 0 aliphatic heterocycles. The molecule has 1 heterocycles. The molecule has 0 amide bonds. The van der Waals surface area contributed by atoms with Crippen molar-refractivity contribution in [2.24, 2.45) is 5.41 Å². The van der Waals surface area contributed by atoms with Gasteiger partial charge in [-0.05, 0) is 32.9 Å². The molecule has 0 radical (unpaired) electrons. The maximum Gasteiger partial charge on any atom is 0.427 e. The first-order chi connectivity index (χ1) is 8.39. The van der Waals surface area contributed by atoms with Gasteiger partial charge in [0.25, 0.3) is 0 Å². The van der Waals surface area contributed by atoms with E-state index >= 15 is 0 Å². The zero-order valence-electron chi connectivity index (χ0n) is 10.5. The second-order valence-corrected chi connectivity index (χ2v) is 5.01. The number of nitrogens with zero attached hydrogens (tertiary/aromatic N) is 2. The van der Waals surface area contributed by atoms with Gasteiger partial charge in [0.2, 0.25) is 0 Å². The molecule has 0 N–H and O–H groups in total. The first-order valence-electron chi connectivity index (χ1n) is 5.58. The predicted octanol–water partition coefficient (Wildman–Crippen LogP) is 2.59. The first kappa shape index (κ1) is 12.3. The molecule has 5 nitrogen and oxygen atoms in total. The third-order valence-corrected chi connectivity index (χ3v) is 2.44. The fraction of sp³-hybridized carbons (Fsp3) is 0.308. The van der Waals surface area contributed by atoms with Crippen molar-refractivity contribution in [3.05, 3.63) is 30.6 Å². The molecule has 94 valence electrons. The largest absolute Gasteiger partial charge is 0.427 e. The van der Waals surface area contributed by atoms with Crippen LogP contribution in [0.15, 0.2) is 30.6 Å². The summed E-state index contributed by atoms with van der Waals surface area (Å²) in [5.74, 6) is -0.565. The highest BCUT2D eigenvalue weighted by Crippen LogP contribution is 2.17. The van der Waals surface area contributed by atoms with Crippen molar-refractivity contribution in [2.75, 3.05) is 0 Å². The predicted molar refractivity (Wildman–Crippen MR) is 66.1 cm³/mol. The quantitative estimate of drug-likeness (QED) is 0.529. The van der Waals surface area contributed by atoms with E-state index in [4.69, 9.17) is 4.74 Å². The molecule has 0 unspecified atom stereocenters. The lowest BCUT2D eigenvalue weighted by molar-refractivity contribution is -0.146. The average Bonchev–Trinajstić information content (AvgIpc) is 2.71. The average molecular weight is 246 g/mol. The van der Waals surface area contributed by atoms with E-state index in [0.29, 0.717) is 11.0 Å². The molecule has 0 aliphatic carbocycles. The summed E-state index contributed by atoms with van der Waals surface area (Å²) in [7, 11) is 0. The van der Waals surface area contributed by atoms with Crippen LogP contribution >= 0.6 is 0 Å². The molecular formula is C13H14N2O3. The van der Waals surface area contributed by atoms with E-state index in [-0.39, 0.29) is 0 Å². The van der Waals surface area contributed by atoms with Crippen molar-refractivity contribution in [3.63, 3.8) is 0 Å². The molecule has 0 atom stereocenters. The summed E-state index contributed by atoms with van der Waals surface area (Å²) in [6.45, 7) is 5.07. The van der Waals surface area contributed by atoms with Gasteiger partial charge >= 0.3 is 12.1 Å². The van der Waals surface area contributed by atoms with Crippen LogP contribution in [0, 0.1) is 5.41 Å². The SMILES string of the molecule is CC(C)(C)C(=O)OC(=O)n1cnc2ccccc21. The molecule has 0 fully saturated rings. The molecule has 5 heteroatoms. The molecule has 2 rings (SSSR count). The molecule has 18 heavy (non-hydrogen) atoms. The molecule has 0 saturated carbocycles. The van der Waals surface area contributed by atoms with Crippen LogP contribution in [0.5, 0.6) is 0 Å². The minimum atomic E-state index is -0.733. The fourth-order valence-electron chi connectivity index (χ4n) is 1.39. The van der Waals surface area contributed by atoms with E-state index in [0.717, 1.165) is 0 Å². The number of carbonyl (C=O) groups excluding carboxylic acids is 2. The third kappa shape index (κ3) is 2.25. The minimum absolute atomic E-state index is 0.565. The normalized spacial score (nSPS) is 11.5. The Bertz CT molecular complexity index is 608. The van der Waals surface area contributed by atoms with E-state index < -0.39 is 17.5 Å². The maximum absolute atomic E-state index is 11.9. The van der Waals surface area contributed by atoms with E-state index in [1.54, 1.807) is 39.0 Å². The highest BCUT2D eigenvalue weighted by molar-refractivity contribution is 5.93. The van der Waals surface area contributed by atoms with Crippen LogP contribution in [0.1, 0.15) is 20.8 Å². The molecule has 0 spiro atoms. The Hall–Kier alpha value is -2.17. The lowest BCUT2D eigenvalue weighted by Crippen LogP contribution is -2.27. The molecular weight excluding hydrogens is 232 g/mol. The number of imidazole rings is 1. The number of carbonyl (C=O) groups is 2. The monoisotopic (exact) mass is 246 g/mol. The highest BCUT2D eigenvalue weighted by Gasteiger charge is 2.26. The number of benzene rings is 1. The summed E-state index contributed by atoms with van der Waals surface area (Å²) >= 11 is 0. The lowest BCUT2D eigenvalue weighted by Gasteiger charge is -2.15. The molecule has 1 aromatic heterocycles. The van der Waals surface area contributed by atoms with Gasteiger partial charge in [-0.1, -0.05) is 12.1 Å². The third-order valence-electron chi connectivity index (χ3n) is 2.44. The van der Waals surface area contributed by atoms with Gasteiger partial charge in [-0.25, -0.2) is 14.3 Å². The van der Waals surface area contributed by atoms with Gasteiger partial charge in [0.1, 0.15) is 6.33 Å². The van der Waals surface area contributed by atoms with E-state index in [1.807, 2.05) is 6.07 Å². The van der Waals surface area contributed by atoms with Crippen molar-refractivity contribution >= 4 is 23.1 Å². The first-order valence-corrected chi connectivity index (χ1v) is 5.58. The van der Waals surface area contributed by atoms with Crippen LogP contribution < -0.4 is 0 Å². The fourth-order valence-corrected chi connectivity index (χ4v) is 1.39. The Labute approximate surface area is 104 Å². The highest BCUT2D eigenvalue weighted by atomic mass is 16.6. The summed E-state index contributed by atoms with van der Waals surface area (Å²) in [5, 5.41) is 0. The number of ether oxygens (including phenoxy) is 1. The number of aromatic nitrogens is 2. The summed E-state index contributed by atoms with van der Waals surface area (Å²) in [4.78, 5) is 27.5. The number of esters is 1. The van der Waals surface area contributed by atoms with Gasteiger partial charge < -0.3 is 4.74 Å². The zero-order valence-corrected chi connectivity index (χ0v) is 10.5. The number of para-hydroxylation sites is 2. The Morgan fingerprint density at radius 3 is 2.56 bits per heavy atom. The van der Waals surface area contributed by atoms with Gasteiger partial charge in [0.05, 0.1) is 16.4 Å². The van der Waals surface area contributed by atoms with E-state index in [9.17, 15) is 9.59 Å². The topological polar surface area (TPSA) is 61.2 Å². The lowest BCUT2D eigenvalue weighted by atomic mass is 9.98. The van der Waals surface area contributed by atoms with Crippen molar-refractivity contribution < 1.29 is 14.3 Å². The number of rotatable bonds is 0. The van der Waals surface area contributed by atoms with E-state index in [1.165, 1.54) is 10.9 Å². The minimum Gasteiger partial charge on any atom is -0.375 e. The Morgan fingerprint density at radius 2 is 1.89 bits per heavy atom. The van der Waals surface area contributed by atoms with Gasteiger partial charge in [-0.2, -0.15) is 0 Å². The van der Waals surface area contributed by atoms with Crippen LogP contribution in [0.3, 0.4) is 0 Å². The Kier molecular flexibility index (Phi) is 2.90. The number of fused-ring (bicyclic) bond motifs is 1. The Balaban J connectivity index is 2.27. The molecule has 0 aliphatic rings. The van der Waals surface area contributed by atoms with Crippen LogP contribution in [0.4, 0.5) is 4.79 Å². The number of hydrogen-bond acceptors (Lipinski definition) is 4. The van der Waals surface area contributed by atoms with Crippen LogP contribution in [0.2, 0.25) is 0 Å². The van der Waals surface area contributed by atoms with Crippen molar-refractivity contribution in [2.45, 2.75) is 20.8 Å². The van der Waals surface area contributed by atoms with Gasteiger partial charge in [-0.15, -0.1) is 0 Å². The summed E-state index contributed by atoms with van der Waals surface area (Å²) in [6.07, 6.45) is 0.617. The van der Waals surface area contributed by atoms with Gasteiger partial charge in [0, 0.05) is 0 Å². The smallest absolute Gasteiger partial charge is 0.375 e. The second kappa shape index (κ2) is 4.25. The summed E-state index contributed by atoms with van der Waals surface area (Å²) in [6, 6.07) is 7.14. The second-order valence-electron chi connectivity index (χ2n) is 5.01. The van der Waals surface area contributed by atoms with Gasteiger partial charge in [0.15, 0.2) is 0 Å². The van der Waals surface area contributed by atoms with Crippen LogP contribution in [-0.2, 0) is 9.53 Å². The maximum atomic E-state index is 11.9. The van der Waals surface area contributed by atoms with Crippen LogP contribution in [-0.4, -0.2) is 21.6 Å². The van der Waals surface area contributed by atoms with Crippen molar-refractivity contribution in [3.8, 4) is 0 Å². The zero-order chi connectivity index (χ0) is 13.3. The number of hydrogen-bond donors (Lipinski definition) is 0. The van der Waals surface area contributed by atoms with E-state index in [2.05, 4.69) is 4.98 Å². The Morgan fingerprint density at radius 1 is 1.22 bits per heavy atom. The van der Waals surface area contributed by atoms with Crippen molar-refractivity contribution in [1.29, 1.82) is 0 Å². The molecule has 2 aromatic rings. The van der Waals surface area contributed by atoms with Crippen LogP contribution in [0.25, 0.3) is 11.0 Å². The van der Waals surface area contributed by atoms with Crippen molar-refractivity contribution in [1.82, 2.24) is 9.55 Å². The van der Waals surface area contributed by atoms with Gasteiger partial charge in [-0.3, -0.25) is 4.79 Å². The summed E-state index contributed by atoms with van der Waals surface area (Å²) in [5.41, 5.74) is 0.577.